The van der Waals surface area contributed by atoms with Crippen molar-refractivity contribution >= 4 is 17.0 Å². The van der Waals surface area contributed by atoms with Crippen molar-refractivity contribution in [2.75, 3.05) is 33.3 Å². The van der Waals surface area contributed by atoms with Crippen molar-refractivity contribution in [3.63, 3.8) is 0 Å². The summed E-state index contributed by atoms with van der Waals surface area (Å²) in [5.74, 6) is 0. The molecule has 2 aromatic rings. The van der Waals surface area contributed by atoms with Gasteiger partial charge in [-0.3, -0.25) is 4.90 Å². The van der Waals surface area contributed by atoms with Gasteiger partial charge in [-0.15, -0.1) is 0 Å². The molecule has 1 amide bonds. The predicted molar refractivity (Wildman–Crippen MR) is 82.3 cm³/mol. The summed E-state index contributed by atoms with van der Waals surface area (Å²) in [6, 6.07) is 8.41. The minimum Gasteiger partial charge on any atom is -0.453 e. The molecule has 0 atom stereocenters. The number of hydrogen-bond acceptors (Lipinski definition) is 3. The number of fused-ring (bicyclic) bond motifs is 1. The van der Waals surface area contributed by atoms with E-state index in [1.54, 1.807) is 4.90 Å². The van der Waals surface area contributed by atoms with Crippen LogP contribution in [-0.4, -0.2) is 54.2 Å². The average Bonchev–Trinajstić information content (AvgIpc) is 2.83. The Balaban J connectivity index is 1.70. The van der Waals surface area contributed by atoms with Gasteiger partial charge in [0.1, 0.15) is 0 Å². The molecule has 1 aromatic heterocycles. The summed E-state index contributed by atoms with van der Waals surface area (Å²) in [6.07, 6.45) is -0.224. The van der Waals surface area contributed by atoms with Gasteiger partial charge in [-0.2, -0.15) is 0 Å². The van der Waals surface area contributed by atoms with Gasteiger partial charge >= 0.3 is 6.09 Å². The number of hydrogen-bond donors (Lipinski definition) is 1. The van der Waals surface area contributed by atoms with Gasteiger partial charge in [0, 0.05) is 49.3 Å². The summed E-state index contributed by atoms with van der Waals surface area (Å²) in [5, 5.41) is 1.30. The van der Waals surface area contributed by atoms with Crippen LogP contribution in [0.4, 0.5) is 4.79 Å². The minimum absolute atomic E-state index is 0.224. The van der Waals surface area contributed by atoms with E-state index >= 15 is 0 Å². The molecule has 112 valence electrons. The molecule has 1 fully saturated rings. The van der Waals surface area contributed by atoms with E-state index in [1.165, 1.54) is 29.3 Å². The van der Waals surface area contributed by atoms with Gasteiger partial charge in [0.15, 0.2) is 0 Å². The van der Waals surface area contributed by atoms with Gasteiger partial charge in [0.05, 0.1) is 7.11 Å². The van der Waals surface area contributed by atoms with E-state index in [4.69, 9.17) is 4.74 Å². The zero-order chi connectivity index (χ0) is 14.8. The maximum atomic E-state index is 11.5. The molecule has 0 saturated carbocycles. The van der Waals surface area contributed by atoms with Crippen LogP contribution in [-0.2, 0) is 11.3 Å². The Kier molecular flexibility index (Phi) is 3.84. The second kappa shape index (κ2) is 5.77. The lowest BCUT2D eigenvalue weighted by molar-refractivity contribution is 0.0889. The Bertz CT molecular complexity index is 642. The number of aryl methyl sites for hydroxylation is 1. The predicted octanol–water partition coefficient (Wildman–Crippen LogP) is 2.36. The molecular formula is C16H21N3O2. The highest BCUT2D eigenvalue weighted by Crippen LogP contribution is 2.23. The van der Waals surface area contributed by atoms with Crippen LogP contribution in [0.3, 0.4) is 0 Å². The number of aromatic nitrogens is 1. The first-order valence-corrected chi connectivity index (χ1v) is 7.30. The van der Waals surface area contributed by atoms with Crippen LogP contribution in [0.25, 0.3) is 10.9 Å². The standard InChI is InChI=1S/C16H21N3O2/c1-12-14(13-5-3-4-6-15(13)17-12)11-18-7-9-19(10-8-18)16(20)21-2/h3-6,17H,7-11H2,1-2H3. The number of piperazine rings is 1. The summed E-state index contributed by atoms with van der Waals surface area (Å²) in [4.78, 5) is 19.1. The SMILES string of the molecule is COC(=O)N1CCN(Cc2c(C)[nH]c3ccccc23)CC1. The van der Waals surface area contributed by atoms with Crippen LogP contribution >= 0.6 is 0 Å². The number of methoxy groups -OCH3 is 1. The normalized spacial score (nSPS) is 16.4. The number of rotatable bonds is 2. The van der Waals surface area contributed by atoms with Crippen molar-refractivity contribution in [1.82, 2.24) is 14.8 Å². The molecule has 5 nitrogen and oxygen atoms in total. The maximum Gasteiger partial charge on any atom is 0.409 e. The molecule has 1 aromatic carbocycles. The van der Waals surface area contributed by atoms with Crippen molar-refractivity contribution in [1.29, 1.82) is 0 Å². The smallest absolute Gasteiger partial charge is 0.409 e. The second-order valence-electron chi connectivity index (χ2n) is 5.51. The first kappa shape index (κ1) is 13.9. The third-order valence-corrected chi connectivity index (χ3v) is 4.21. The van der Waals surface area contributed by atoms with Crippen molar-refractivity contribution in [2.45, 2.75) is 13.5 Å². The number of carbonyl (C=O) groups is 1. The van der Waals surface area contributed by atoms with Gasteiger partial charge in [-0.1, -0.05) is 18.2 Å². The van der Waals surface area contributed by atoms with Crippen molar-refractivity contribution < 1.29 is 9.53 Å². The van der Waals surface area contributed by atoms with E-state index in [9.17, 15) is 4.79 Å². The molecule has 21 heavy (non-hydrogen) atoms. The highest BCUT2D eigenvalue weighted by Gasteiger charge is 2.22. The third kappa shape index (κ3) is 2.74. The number of carbonyl (C=O) groups excluding carboxylic acids is 1. The highest BCUT2D eigenvalue weighted by atomic mass is 16.5. The summed E-state index contributed by atoms with van der Waals surface area (Å²) >= 11 is 0. The number of benzene rings is 1. The topological polar surface area (TPSA) is 48.6 Å². The first-order valence-electron chi connectivity index (χ1n) is 7.30. The molecule has 0 aliphatic carbocycles. The minimum atomic E-state index is -0.224. The van der Waals surface area contributed by atoms with E-state index in [2.05, 4.69) is 41.1 Å². The molecule has 0 unspecified atom stereocenters. The average molecular weight is 287 g/mol. The summed E-state index contributed by atoms with van der Waals surface area (Å²) in [7, 11) is 1.43. The number of H-pyrrole nitrogens is 1. The Morgan fingerprint density at radius 2 is 1.95 bits per heavy atom. The Morgan fingerprint density at radius 3 is 2.67 bits per heavy atom. The van der Waals surface area contributed by atoms with Crippen molar-refractivity contribution in [3.8, 4) is 0 Å². The number of amides is 1. The van der Waals surface area contributed by atoms with Gasteiger partial charge in [0.25, 0.3) is 0 Å². The van der Waals surface area contributed by atoms with Crippen LogP contribution in [0, 0.1) is 6.92 Å². The van der Waals surface area contributed by atoms with Crippen LogP contribution in [0.2, 0.25) is 0 Å². The molecular weight excluding hydrogens is 266 g/mol. The highest BCUT2D eigenvalue weighted by molar-refractivity contribution is 5.84. The largest absolute Gasteiger partial charge is 0.453 e. The lowest BCUT2D eigenvalue weighted by atomic mass is 10.1. The van der Waals surface area contributed by atoms with Crippen molar-refractivity contribution in [2.24, 2.45) is 0 Å². The Hall–Kier alpha value is -2.01. The molecule has 0 bridgehead atoms. The molecule has 1 N–H and O–H groups in total. The lowest BCUT2D eigenvalue weighted by Gasteiger charge is -2.33. The van der Waals surface area contributed by atoms with E-state index < -0.39 is 0 Å². The molecule has 5 heteroatoms. The Morgan fingerprint density at radius 1 is 1.24 bits per heavy atom. The van der Waals surface area contributed by atoms with E-state index in [0.29, 0.717) is 0 Å². The zero-order valence-electron chi connectivity index (χ0n) is 12.6. The second-order valence-corrected chi connectivity index (χ2v) is 5.51. The fourth-order valence-electron chi connectivity index (χ4n) is 2.98. The molecule has 1 aliphatic rings. The van der Waals surface area contributed by atoms with E-state index in [0.717, 1.165) is 32.7 Å². The summed E-state index contributed by atoms with van der Waals surface area (Å²) in [6.45, 7) is 6.27. The number of nitrogens with one attached hydrogen (secondary N) is 1. The molecule has 0 radical (unpaired) electrons. The van der Waals surface area contributed by atoms with Gasteiger partial charge < -0.3 is 14.6 Å². The Labute approximate surface area is 124 Å². The summed E-state index contributed by atoms with van der Waals surface area (Å²) < 4.78 is 4.77. The van der Waals surface area contributed by atoms with Crippen molar-refractivity contribution in [3.05, 3.63) is 35.5 Å². The van der Waals surface area contributed by atoms with E-state index in [1.807, 2.05) is 0 Å². The number of nitrogens with zero attached hydrogens (tertiary/aromatic N) is 2. The quantitative estimate of drug-likeness (QED) is 0.922. The fraction of sp³-hybridized carbons (Fsp3) is 0.438. The summed E-state index contributed by atoms with van der Waals surface area (Å²) in [5.41, 5.74) is 3.78. The third-order valence-electron chi connectivity index (χ3n) is 4.21. The van der Waals surface area contributed by atoms with Crippen LogP contribution in [0.15, 0.2) is 24.3 Å². The first-order chi connectivity index (χ1) is 10.2. The monoisotopic (exact) mass is 287 g/mol. The number of ether oxygens (including phenoxy) is 1. The molecule has 1 aliphatic heterocycles. The number of aromatic amines is 1. The molecule has 1 saturated heterocycles. The van der Waals surface area contributed by atoms with Crippen LogP contribution in [0.1, 0.15) is 11.3 Å². The van der Waals surface area contributed by atoms with Gasteiger partial charge in [-0.05, 0) is 18.6 Å². The van der Waals surface area contributed by atoms with Crippen LogP contribution in [0.5, 0.6) is 0 Å². The molecule has 3 rings (SSSR count). The fourth-order valence-corrected chi connectivity index (χ4v) is 2.98. The lowest BCUT2D eigenvalue weighted by Crippen LogP contribution is -2.48. The van der Waals surface area contributed by atoms with E-state index in [-0.39, 0.29) is 6.09 Å². The zero-order valence-corrected chi connectivity index (χ0v) is 12.6. The number of para-hydroxylation sites is 1. The molecule has 2 heterocycles. The molecule has 0 spiro atoms. The van der Waals surface area contributed by atoms with Gasteiger partial charge in [-0.25, -0.2) is 4.79 Å². The maximum absolute atomic E-state index is 11.5. The van der Waals surface area contributed by atoms with Gasteiger partial charge in [0.2, 0.25) is 0 Å². The van der Waals surface area contributed by atoms with Crippen LogP contribution < -0.4 is 0 Å².